The molecule has 0 heterocycles. The van der Waals surface area contributed by atoms with Crippen LogP contribution in [0.4, 0.5) is 0 Å². The van der Waals surface area contributed by atoms with Gasteiger partial charge in [-0.15, -0.1) is 0 Å². The van der Waals surface area contributed by atoms with E-state index in [1.807, 2.05) is 44.2 Å². The van der Waals surface area contributed by atoms with Crippen molar-refractivity contribution in [3.63, 3.8) is 0 Å². The smallest absolute Gasteiger partial charge is 0.189 e. The van der Waals surface area contributed by atoms with Crippen LogP contribution in [0.1, 0.15) is 19.4 Å². The minimum atomic E-state index is -0.0467. The van der Waals surface area contributed by atoms with Gasteiger partial charge in [0.1, 0.15) is 0 Å². The molecular formula is C13H21N3O. The van der Waals surface area contributed by atoms with Gasteiger partial charge in [-0.25, -0.2) is 4.99 Å². The predicted octanol–water partition coefficient (Wildman–Crippen LogP) is 1.11. The van der Waals surface area contributed by atoms with Gasteiger partial charge in [0.15, 0.2) is 5.96 Å². The van der Waals surface area contributed by atoms with Gasteiger partial charge in [0.25, 0.3) is 0 Å². The summed E-state index contributed by atoms with van der Waals surface area (Å²) in [6, 6.07) is 9.87. The van der Waals surface area contributed by atoms with Crippen LogP contribution in [0.5, 0.6) is 0 Å². The molecule has 1 aromatic carbocycles. The summed E-state index contributed by atoms with van der Waals surface area (Å²) in [6.07, 6.45) is 0. The van der Waals surface area contributed by atoms with E-state index in [4.69, 9.17) is 10.8 Å². The second-order valence-electron chi connectivity index (χ2n) is 4.36. The molecule has 0 aliphatic heterocycles. The van der Waals surface area contributed by atoms with E-state index in [9.17, 15) is 0 Å². The number of nitrogens with zero attached hydrogens (tertiary/aromatic N) is 1. The summed E-state index contributed by atoms with van der Waals surface area (Å²) in [7, 11) is 0. The summed E-state index contributed by atoms with van der Waals surface area (Å²) >= 11 is 0. The molecule has 0 saturated carbocycles. The highest BCUT2D eigenvalue weighted by Gasteiger charge is 2.11. The van der Waals surface area contributed by atoms with Crippen LogP contribution in [0, 0.1) is 5.92 Å². The monoisotopic (exact) mass is 235 g/mol. The van der Waals surface area contributed by atoms with E-state index in [0.29, 0.717) is 18.4 Å². The first kappa shape index (κ1) is 13.5. The maximum absolute atomic E-state index is 9.16. The number of hydrogen-bond donors (Lipinski definition) is 3. The van der Waals surface area contributed by atoms with Crippen molar-refractivity contribution < 1.29 is 5.11 Å². The standard InChI is InChI=1S/C13H21N3O/c1-10(2)12(9-17)16-13(14)15-8-11-6-4-3-5-7-11/h3-7,10,12,17H,8-9H2,1-2H3,(H3,14,15,16). The molecule has 4 N–H and O–H groups in total. The van der Waals surface area contributed by atoms with Crippen LogP contribution in [0.15, 0.2) is 35.3 Å². The van der Waals surface area contributed by atoms with Crippen LogP contribution in [0.25, 0.3) is 0 Å². The quantitative estimate of drug-likeness (QED) is 0.529. The average molecular weight is 235 g/mol. The summed E-state index contributed by atoms with van der Waals surface area (Å²) in [5.41, 5.74) is 6.88. The van der Waals surface area contributed by atoms with Crippen molar-refractivity contribution >= 4 is 5.96 Å². The third-order valence-electron chi connectivity index (χ3n) is 2.61. The van der Waals surface area contributed by atoms with Crippen molar-refractivity contribution in [2.24, 2.45) is 16.6 Å². The molecule has 94 valence electrons. The number of aliphatic hydroxyl groups excluding tert-OH is 1. The average Bonchev–Trinajstić information content (AvgIpc) is 2.34. The fourth-order valence-electron chi connectivity index (χ4n) is 1.42. The van der Waals surface area contributed by atoms with E-state index in [1.165, 1.54) is 0 Å². The van der Waals surface area contributed by atoms with Crippen molar-refractivity contribution in [3.05, 3.63) is 35.9 Å². The molecule has 4 heteroatoms. The van der Waals surface area contributed by atoms with Gasteiger partial charge in [-0.3, -0.25) is 0 Å². The van der Waals surface area contributed by atoms with Crippen molar-refractivity contribution in [1.29, 1.82) is 0 Å². The molecule has 0 amide bonds. The Labute approximate surface area is 103 Å². The number of hydrogen-bond acceptors (Lipinski definition) is 2. The van der Waals surface area contributed by atoms with Gasteiger partial charge in [0.2, 0.25) is 0 Å². The van der Waals surface area contributed by atoms with Crippen molar-refractivity contribution in [3.8, 4) is 0 Å². The van der Waals surface area contributed by atoms with E-state index >= 15 is 0 Å². The molecule has 17 heavy (non-hydrogen) atoms. The second kappa shape index (κ2) is 6.91. The van der Waals surface area contributed by atoms with Crippen molar-refractivity contribution in [2.75, 3.05) is 6.61 Å². The Morgan fingerprint density at radius 1 is 1.35 bits per heavy atom. The SMILES string of the molecule is CC(C)C(CO)NC(N)=NCc1ccccc1. The van der Waals surface area contributed by atoms with E-state index < -0.39 is 0 Å². The van der Waals surface area contributed by atoms with Gasteiger partial charge in [-0.2, -0.15) is 0 Å². The zero-order valence-corrected chi connectivity index (χ0v) is 10.4. The molecule has 0 spiro atoms. The number of rotatable bonds is 5. The Hall–Kier alpha value is -1.55. The molecule has 0 saturated heterocycles. The number of nitrogens with two attached hydrogens (primary N) is 1. The summed E-state index contributed by atoms with van der Waals surface area (Å²) in [4.78, 5) is 4.24. The lowest BCUT2D eigenvalue weighted by Crippen LogP contribution is -2.45. The molecule has 0 bridgehead atoms. The van der Waals surface area contributed by atoms with Crippen LogP contribution in [0.2, 0.25) is 0 Å². The van der Waals surface area contributed by atoms with Crippen molar-refractivity contribution in [1.82, 2.24) is 5.32 Å². The van der Waals surface area contributed by atoms with E-state index in [-0.39, 0.29) is 12.6 Å². The highest BCUT2D eigenvalue weighted by Crippen LogP contribution is 2.01. The van der Waals surface area contributed by atoms with E-state index in [0.717, 1.165) is 5.56 Å². The first-order valence-corrected chi connectivity index (χ1v) is 5.84. The van der Waals surface area contributed by atoms with Gasteiger partial charge in [0, 0.05) is 0 Å². The highest BCUT2D eigenvalue weighted by molar-refractivity contribution is 5.78. The lowest BCUT2D eigenvalue weighted by atomic mass is 10.1. The minimum absolute atomic E-state index is 0.0467. The third-order valence-corrected chi connectivity index (χ3v) is 2.61. The first-order chi connectivity index (χ1) is 8.13. The molecule has 1 unspecified atom stereocenters. The molecule has 1 rings (SSSR count). The number of aliphatic imine (C=N–C) groups is 1. The van der Waals surface area contributed by atoms with Crippen LogP contribution < -0.4 is 11.1 Å². The minimum Gasteiger partial charge on any atom is -0.394 e. The largest absolute Gasteiger partial charge is 0.394 e. The number of guanidine groups is 1. The zero-order chi connectivity index (χ0) is 12.7. The second-order valence-corrected chi connectivity index (χ2v) is 4.36. The van der Waals surface area contributed by atoms with E-state index in [2.05, 4.69) is 10.3 Å². The normalized spacial score (nSPS) is 13.8. The first-order valence-electron chi connectivity index (χ1n) is 5.84. The van der Waals surface area contributed by atoms with Gasteiger partial charge in [-0.1, -0.05) is 44.2 Å². The summed E-state index contributed by atoms with van der Waals surface area (Å²) in [6.45, 7) is 4.66. The van der Waals surface area contributed by atoms with Gasteiger partial charge in [0.05, 0.1) is 19.2 Å². The summed E-state index contributed by atoms with van der Waals surface area (Å²) in [5.74, 6) is 0.687. The summed E-state index contributed by atoms with van der Waals surface area (Å²) in [5, 5.41) is 12.2. The Bertz CT molecular complexity index is 349. The maximum atomic E-state index is 9.16. The molecule has 1 atom stereocenters. The van der Waals surface area contributed by atoms with E-state index in [1.54, 1.807) is 0 Å². The van der Waals surface area contributed by atoms with Gasteiger partial charge < -0.3 is 16.2 Å². The van der Waals surface area contributed by atoms with Crippen LogP contribution in [-0.4, -0.2) is 23.7 Å². The Morgan fingerprint density at radius 2 is 2.00 bits per heavy atom. The predicted molar refractivity (Wildman–Crippen MR) is 70.6 cm³/mol. The molecule has 4 nitrogen and oxygen atoms in total. The summed E-state index contributed by atoms with van der Waals surface area (Å²) < 4.78 is 0. The Balaban J connectivity index is 2.49. The van der Waals surface area contributed by atoms with Gasteiger partial charge in [-0.05, 0) is 11.5 Å². The molecule has 1 aromatic rings. The lowest BCUT2D eigenvalue weighted by Gasteiger charge is -2.20. The maximum Gasteiger partial charge on any atom is 0.189 e. The number of nitrogens with one attached hydrogen (secondary N) is 1. The lowest BCUT2D eigenvalue weighted by molar-refractivity contribution is 0.226. The molecule has 0 aliphatic carbocycles. The highest BCUT2D eigenvalue weighted by atomic mass is 16.3. The molecule has 0 aliphatic rings. The number of benzene rings is 1. The fourth-order valence-corrected chi connectivity index (χ4v) is 1.42. The molecule has 0 aromatic heterocycles. The van der Waals surface area contributed by atoms with Gasteiger partial charge >= 0.3 is 0 Å². The topological polar surface area (TPSA) is 70.6 Å². The Morgan fingerprint density at radius 3 is 2.53 bits per heavy atom. The van der Waals surface area contributed by atoms with Crippen LogP contribution in [0.3, 0.4) is 0 Å². The Kier molecular flexibility index (Phi) is 5.49. The number of aliphatic hydroxyl groups is 1. The van der Waals surface area contributed by atoms with Crippen LogP contribution >= 0.6 is 0 Å². The van der Waals surface area contributed by atoms with Crippen molar-refractivity contribution in [2.45, 2.75) is 26.4 Å². The molecule has 0 fully saturated rings. The zero-order valence-electron chi connectivity index (χ0n) is 10.4. The third kappa shape index (κ3) is 4.87. The van der Waals surface area contributed by atoms with Crippen LogP contribution in [-0.2, 0) is 6.54 Å². The molecule has 0 radical (unpaired) electrons. The molecular weight excluding hydrogens is 214 g/mol. The fraction of sp³-hybridized carbons (Fsp3) is 0.462.